The Morgan fingerprint density at radius 3 is 2.45 bits per heavy atom. The second-order valence-electron chi connectivity index (χ2n) is 4.26. The molecule has 0 aliphatic carbocycles. The van der Waals surface area contributed by atoms with E-state index in [1.54, 1.807) is 12.1 Å². The van der Waals surface area contributed by atoms with Crippen LogP contribution in [-0.4, -0.2) is 37.3 Å². The van der Waals surface area contributed by atoms with E-state index in [1.165, 1.54) is 18.2 Å². The van der Waals surface area contributed by atoms with E-state index in [0.29, 0.717) is 23.0 Å². The van der Waals surface area contributed by atoms with Gasteiger partial charge in [-0.3, -0.25) is 5.10 Å². The first kappa shape index (κ1) is 15.8. The number of nitrogens with one attached hydrogen (secondary N) is 1. The van der Waals surface area contributed by atoms with Gasteiger partial charge in [-0.15, -0.1) is 5.10 Å². The Hall–Kier alpha value is -2.61. The van der Waals surface area contributed by atoms with E-state index in [-0.39, 0.29) is 10.5 Å². The van der Waals surface area contributed by atoms with Crippen molar-refractivity contribution in [2.24, 2.45) is 0 Å². The Bertz CT molecular complexity index is 722. The Labute approximate surface area is 130 Å². The number of aromatic nitrogens is 3. The smallest absolute Gasteiger partial charge is 0.342 e. The minimum atomic E-state index is -1.10. The number of benzene rings is 1. The summed E-state index contributed by atoms with van der Waals surface area (Å²) >= 11 is 0.930. The molecule has 22 heavy (non-hydrogen) atoms. The van der Waals surface area contributed by atoms with Gasteiger partial charge in [0.2, 0.25) is 5.16 Å². The maximum atomic E-state index is 11.3. The fraction of sp³-hybridized carbons (Fsp3) is 0.143. The zero-order valence-corrected chi connectivity index (χ0v) is 12.4. The molecular weight excluding hydrogens is 306 g/mol. The molecule has 0 saturated heterocycles. The fourth-order valence-corrected chi connectivity index (χ4v) is 2.31. The summed E-state index contributed by atoms with van der Waals surface area (Å²) in [4.78, 5) is 26.3. The largest absolute Gasteiger partial charge is 0.478 e. The number of H-pyrrole nitrogens is 1. The first-order valence-corrected chi connectivity index (χ1v) is 7.18. The Kier molecular flexibility index (Phi) is 4.95. The monoisotopic (exact) mass is 319 g/mol. The molecule has 1 aromatic heterocycles. The van der Waals surface area contributed by atoms with E-state index in [9.17, 15) is 14.7 Å². The third-order valence-corrected chi connectivity index (χ3v) is 3.59. The summed E-state index contributed by atoms with van der Waals surface area (Å²) in [5, 5.41) is 25.1. The van der Waals surface area contributed by atoms with Crippen LogP contribution in [0.25, 0.3) is 6.08 Å². The lowest BCUT2D eigenvalue weighted by Gasteiger charge is -2.00. The highest BCUT2D eigenvalue weighted by atomic mass is 32.2. The Morgan fingerprint density at radius 2 is 1.95 bits per heavy atom. The molecule has 0 saturated carbocycles. The molecular formula is C14H13N3O4S. The van der Waals surface area contributed by atoms with Crippen LogP contribution in [0.2, 0.25) is 0 Å². The highest BCUT2D eigenvalue weighted by Crippen LogP contribution is 2.25. The number of hydrogen-bond donors (Lipinski definition) is 3. The molecule has 0 spiro atoms. The molecule has 0 amide bonds. The topological polar surface area (TPSA) is 116 Å². The van der Waals surface area contributed by atoms with E-state index in [2.05, 4.69) is 15.2 Å². The number of rotatable bonds is 6. The molecule has 3 N–H and O–H groups in total. The molecule has 0 fully saturated rings. The van der Waals surface area contributed by atoms with Crippen LogP contribution in [0.4, 0.5) is 0 Å². The van der Waals surface area contributed by atoms with Gasteiger partial charge in [-0.2, -0.15) is 0 Å². The van der Waals surface area contributed by atoms with Gasteiger partial charge in [0.1, 0.15) is 10.7 Å². The number of aliphatic carboxylic acids is 1. The predicted molar refractivity (Wildman–Crippen MR) is 80.6 cm³/mol. The third-order valence-electron chi connectivity index (χ3n) is 2.71. The summed E-state index contributed by atoms with van der Waals surface area (Å²) in [6.07, 6.45) is 2.12. The van der Waals surface area contributed by atoms with Crippen LogP contribution < -0.4 is 0 Å². The van der Waals surface area contributed by atoms with Gasteiger partial charge in [-0.05, 0) is 35.5 Å². The van der Waals surface area contributed by atoms with Crippen molar-refractivity contribution in [2.75, 3.05) is 0 Å². The Balaban J connectivity index is 2.22. The molecule has 114 valence electrons. The van der Waals surface area contributed by atoms with Crippen molar-refractivity contribution in [1.82, 2.24) is 15.2 Å². The molecule has 0 radical (unpaired) electrons. The van der Waals surface area contributed by atoms with E-state index in [0.717, 1.165) is 11.8 Å². The molecule has 1 heterocycles. The quantitative estimate of drug-likeness (QED) is 0.552. The molecule has 0 atom stereocenters. The van der Waals surface area contributed by atoms with Gasteiger partial charge < -0.3 is 10.2 Å². The zero-order chi connectivity index (χ0) is 16.1. The van der Waals surface area contributed by atoms with Crippen molar-refractivity contribution in [3.63, 3.8) is 0 Å². The highest BCUT2D eigenvalue weighted by molar-refractivity contribution is 8.04. The van der Waals surface area contributed by atoms with Crippen molar-refractivity contribution in [3.8, 4) is 0 Å². The average Bonchev–Trinajstić information content (AvgIpc) is 2.94. The first-order chi connectivity index (χ1) is 10.5. The van der Waals surface area contributed by atoms with Crippen LogP contribution in [0.3, 0.4) is 0 Å². The molecule has 0 aliphatic rings. The summed E-state index contributed by atoms with van der Waals surface area (Å²) in [6, 6.07) is 5.92. The minimum absolute atomic E-state index is 0.0460. The molecule has 1 aromatic carbocycles. The van der Waals surface area contributed by atoms with Crippen LogP contribution in [0.1, 0.15) is 28.7 Å². The second kappa shape index (κ2) is 6.90. The van der Waals surface area contributed by atoms with Crippen molar-refractivity contribution >= 4 is 29.8 Å². The van der Waals surface area contributed by atoms with E-state index in [1.807, 2.05) is 6.92 Å². The standard InChI is InChI=1S/C14H13N3O4S/c1-2-11-15-14(17-16-11)22-10(13(20)21)7-8-3-5-9(6-4-8)12(18)19/h3-7H,2H2,1H3,(H,18,19)(H,20,21)(H,15,16,17)/b10-7+. The first-order valence-electron chi connectivity index (χ1n) is 6.37. The van der Waals surface area contributed by atoms with Gasteiger partial charge >= 0.3 is 11.9 Å². The highest BCUT2D eigenvalue weighted by Gasteiger charge is 2.13. The van der Waals surface area contributed by atoms with Crippen LogP contribution in [-0.2, 0) is 11.2 Å². The van der Waals surface area contributed by atoms with Gasteiger partial charge in [0.05, 0.1) is 5.56 Å². The number of aromatic carboxylic acids is 1. The number of carboxylic acid groups (broad SMARTS) is 2. The lowest BCUT2D eigenvalue weighted by molar-refractivity contribution is -0.131. The molecule has 0 unspecified atom stereocenters. The maximum absolute atomic E-state index is 11.3. The summed E-state index contributed by atoms with van der Waals surface area (Å²) in [5.41, 5.74) is 0.726. The lowest BCUT2D eigenvalue weighted by atomic mass is 10.1. The summed E-state index contributed by atoms with van der Waals surface area (Å²) in [5.74, 6) is -1.45. The van der Waals surface area contributed by atoms with Gasteiger partial charge in [-0.1, -0.05) is 19.1 Å². The lowest BCUT2D eigenvalue weighted by Crippen LogP contribution is -1.98. The number of thioether (sulfide) groups is 1. The van der Waals surface area contributed by atoms with Crippen LogP contribution in [0, 0.1) is 0 Å². The number of carbonyl (C=O) groups is 2. The summed E-state index contributed by atoms with van der Waals surface area (Å²) in [6.45, 7) is 1.91. The fourth-order valence-electron chi connectivity index (χ4n) is 1.59. The zero-order valence-electron chi connectivity index (χ0n) is 11.6. The van der Waals surface area contributed by atoms with Crippen LogP contribution in [0.5, 0.6) is 0 Å². The molecule has 0 aliphatic heterocycles. The molecule has 0 bridgehead atoms. The SMILES string of the molecule is CCc1nc(S/C(=C/c2ccc(C(=O)O)cc2)C(=O)O)n[nH]1. The Morgan fingerprint density at radius 1 is 1.27 bits per heavy atom. The second-order valence-corrected chi connectivity index (χ2v) is 5.27. The van der Waals surface area contributed by atoms with Gasteiger partial charge in [0.15, 0.2) is 0 Å². The molecule has 7 nitrogen and oxygen atoms in total. The minimum Gasteiger partial charge on any atom is -0.478 e. The maximum Gasteiger partial charge on any atom is 0.342 e. The molecule has 8 heteroatoms. The van der Waals surface area contributed by atoms with E-state index >= 15 is 0 Å². The predicted octanol–water partition coefficient (Wildman–Crippen LogP) is 2.28. The van der Waals surface area contributed by atoms with Gasteiger partial charge in [0.25, 0.3) is 0 Å². The molecule has 2 rings (SSSR count). The number of carboxylic acids is 2. The van der Waals surface area contributed by atoms with Crippen molar-refractivity contribution in [1.29, 1.82) is 0 Å². The number of hydrogen-bond acceptors (Lipinski definition) is 5. The van der Waals surface area contributed by atoms with E-state index in [4.69, 9.17) is 5.11 Å². The number of aromatic amines is 1. The van der Waals surface area contributed by atoms with Crippen LogP contribution >= 0.6 is 11.8 Å². The normalized spacial score (nSPS) is 11.4. The van der Waals surface area contributed by atoms with E-state index < -0.39 is 11.9 Å². The summed E-state index contributed by atoms with van der Waals surface area (Å²) in [7, 11) is 0. The third kappa shape index (κ3) is 3.95. The number of aryl methyl sites for hydroxylation is 1. The van der Waals surface area contributed by atoms with Crippen molar-refractivity contribution in [2.45, 2.75) is 18.5 Å². The number of nitrogens with zero attached hydrogens (tertiary/aromatic N) is 2. The summed E-state index contributed by atoms with van der Waals surface area (Å²) < 4.78 is 0. The van der Waals surface area contributed by atoms with Gasteiger partial charge in [-0.25, -0.2) is 14.6 Å². The van der Waals surface area contributed by atoms with Crippen molar-refractivity contribution < 1.29 is 19.8 Å². The molecule has 2 aromatic rings. The van der Waals surface area contributed by atoms with Crippen molar-refractivity contribution in [3.05, 3.63) is 46.1 Å². The van der Waals surface area contributed by atoms with Crippen LogP contribution in [0.15, 0.2) is 34.3 Å². The average molecular weight is 319 g/mol. The van der Waals surface area contributed by atoms with Gasteiger partial charge in [0, 0.05) is 6.42 Å².